The Morgan fingerprint density at radius 1 is 1.56 bits per heavy atom. The minimum Gasteiger partial charge on any atom is -0.479 e. The van der Waals surface area contributed by atoms with E-state index in [0.29, 0.717) is 5.75 Å². The van der Waals surface area contributed by atoms with E-state index in [0.717, 1.165) is 6.07 Å². The predicted molar refractivity (Wildman–Crippen MR) is 65.0 cm³/mol. The summed E-state index contributed by atoms with van der Waals surface area (Å²) in [4.78, 5) is 3.55. The normalized spacial score (nSPS) is 8.69. The van der Waals surface area contributed by atoms with Gasteiger partial charge in [0, 0.05) is 6.07 Å². The van der Waals surface area contributed by atoms with Crippen LogP contribution in [-0.4, -0.2) is 11.8 Å². The molecule has 1 aromatic carbocycles. The van der Waals surface area contributed by atoms with Gasteiger partial charge in [-0.15, -0.1) is 5.92 Å². The van der Waals surface area contributed by atoms with Crippen molar-refractivity contribution in [3.63, 3.8) is 0 Å². The summed E-state index contributed by atoms with van der Waals surface area (Å²) in [6, 6.07) is 2.47. The highest BCUT2D eigenvalue weighted by Gasteiger charge is 2.08. The van der Waals surface area contributed by atoms with Crippen molar-refractivity contribution in [1.29, 1.82) is 0 Å². The molecule has 5 heteroatoms. The number of isothiocyanates is 1. The van der Waals surface area contributed by atoms with Crippen LogP contribution in [0.3, 0.4) is 0 Å². The summed E-state index contributed by atoms with van der Waals surface area (Å²) < 4.78 is 18.5. The Morgan fingerprint density at radius 3 is 2.94 bits per heavy atom. The molecule has 0 amide bonds. The molecule has 2 nitrogen and oxygen atoms in total. The molecule has 16 heavy (non-hydrogen) atoms. The van der Waals surface area contributed by atoms with Gasteiger partial charge in [0.2, 0.25) is 0 Å². The van der Waals surface area contributed by atoms with Crippen LogP contribution in [-0.2, 0) is 0 Å². The van der Waals surface area contributed by atoms with Crippen molar-refractivity contribution in [2.75, 3.05) is 6.61 Å². The molecule has 0 aliphatic rings. The van der Waals surface area contributed by atoms with Crippen molar-refractivity contribution >= 4 is 34.7 Å². The summed E-state index contributed by atoms with van der Waals surface area (Å²) in [6.45, 7) is 1.88. The van der Waals surface area contributed by atoms with E-state index in [4.69, 9.17) is 16.3 Å². The molecule has 82 valence electrons. The van der Waals surface area contributed by atoms with Crippen LogP contribution in [0.5, 0.6) is 5.75 Å². The van der Waals surface area contributed by atoms with Gasteiger partial charge in [0.25, 0.3) is 0 Å². The Balaban J connectivity index is 3.02. The molecule has 0 N–H and O–H groups in total. The van der Waals surface area contributed by atoms with Gasteiger partial charge in [0.15, 0.2) is 5.82 Å². The van der Waals surface area contributed by atoms with Gasteiger partial charge >= 0.3 is 0 Å². The standard InChI is InChI=1S/C11H7ClFNOS/c1-2-3-4-15-11-6-10(14-7-16)9(13)5-8(11)12/h5-6H,4H2,1H3. The van der Waals surface area contributed by atoms with E-state index in [2.05, 4.69) is 34.2 Å². The van der Waals surface area contributed by atoms with Crippen LogP contribution in [0, 0.1) is 17.7 Å². The first-order valence-corrected chi connectivity index (χ1v) is 5.07. The van der Waals surface area contributed by atoms with Gasteiger partial charge in [-0.1, -0.05) is 17.5 Å². The van der Waals surface area contributed by atoms with Crippen molar-refractivity contribution in [1.82, 2.24) is 0 Å². The number of ether oxygens (including phenoxy) is 1. The fraction of sp³-hybridized carbons (Fsp3) is 0.182. The molecule has 0 aliphatic heterocycles. The monoisotopic (exact) mass is 255 g/mol. The Bertz CT molecular complexity index is 501. The molecule has 0 unspecified atom stereocenters. The Labute approximate surface area is 103 Å². The number of benzene rings is 1. The second kappa shape index (κ2) is 6.24. The zero-order valence-electron chi connectivity index (χ0n) is 8.38. The Morgan fingerprint density at radius 2 is 2.31 bits per heavy atom. The van der Waals surface area contributed by atoms with Crippen LogP contribution < -0.4 is 4.74 Å². The molecule has 1 aromatic rings. The van der Waals surface area contributed by atoms with E-state index in [9.17, 15) is 4.39 Å². The van der Waals surface area contributed by atoms with Crippen LogP contribution in [0.25, 0.3) is 0 Å². The minimum atomic E-state index is -0.573. The zero-order valence-corrected chi connectivity index (χ0v) is 9.95. The highest BCUT2D eigenvalue weighted by molar-refractivity contribution is 7.78. The predicted octanol–water partition coefficient (Wildman–Crippen LogP) is 3.62. The molecular formula is C11H7ClFNOS. The lowest BCUT2D eigenvalue weighted by Gasteiger charge is -2.05. The molecule has 0 atom stereocenters. The number of nitrogens with zero attached hydrogens (tertiary/aromatic N) is 1. The lowest BCUT2D eigenvalue weighted by atomic mass is 10.3. The summed E-state index contributed by atoms with van der Waals surface area (Å²) >= 11 is 10.2. The summed E-state index contributed by atoms with van der Waals surface area (Å²) in [5.41, 5.74) is 0.0406. The molecule has 0 saturated carbocycles. The molecule has 0 bridgehead atoms. The molecule has 0 saturated heterocycles. The SMILES string of the molecule is CC#CCOc1cc(N=C=S)c(F)cc1Cl. The van der Waals surface area contributed by atoms with Crippen molar-refractivity contribution in [3.05, 3.63) is 23.0 Å². The van der Waals surface area contributed by atoms with Crippen LogP contribution in [0.2, 0.25) is 5.02 Å². The van der Waals surface area contributed by atoms with E-state index in [1.165, 1.54) is 6.07 Å². The number of rotatable bonds is 3. The summed E-state index contributed by atoms with van der Waals surface area (Å²) in [7, 11) is 0. The zero-order chi connectivity index (χ0) is 12.0. The third-order valence-electron chi connectivity index (χ3n) is 1.64. The van der Waals surface area contributed by atoms with E-state index in [-0.39, 0.29) is 17.3 Å². The molecule has 0 aromatic heterocycles. The quantitative estimate of drug-likeness (QED) is 0.467. The maximum atomic E-state index is 13.3. The first-order chi connectivity index (χ1) is 7.69. The van der Waals surface area contributed by atoms with Gasteiger partial charge in [0.1, 0.15) is 18.0 Å². The number of hydrogen-bond acceptors (Lipinski definition) is 3. The number of aliphatic imine (C=N–C) groups is 1. The Kier molecular flexibility index (Phi) is 4.94. The van der Waals surface area contributed by atoms with Crippen LogP contribution in [0.1, 0.15) is 6.92 Å². The Hall–Kier alpha value is -1.40. The molecular weight excluding hydrogens is 249 g/mol. The molecule has 1 rings (SSSR count). The fourth-order valence-electron chi connectivity index (χ4n) is 0.950. The molecule has 0 radical (unpaired) electrons. The highest BCUT2D eigenvalue weighted by Crippen LogP contribution is 2.31. The van der Waals surface area contributed by atoms with Gasteiger partial charge in [0.05, 0.1) is 10.2 Å². The van der Waals surface area contributed by atoms with Crippen molar-refractivity contribution in [2.45, 2.75) is 6.92 Å². The molecule has 0 heterocycles. The fourth-order valence-corrected chi connectivity index (χ4v) is 1.25. The lowest BCUT2D eigenvalue weighted by Crippen LogP contribution is -1.95. The second-order valence-electron chi connectivity index (χ2n) is 2.65. The maximum absolute atomic E-state index is 13.3. The third-order valence-corrected chi connectivity index (χ3v) is 2.03. The van der Waals surface area contributed by atoms with E-state index < -0.39 is 5.82 Å². The van der Waals surface area contributed by atoms with E-state index in [1.54, 1.807) is 6.92 Å². The average Bonchev–Trinajstić information content (AvgIpc) is 2.25. The van der Waals surface area contributed by atoms with Gasteiger partial charge in [-0.3, -0.25) is 0 Å². The van der Waals surface area contributed by atoms with Gasteiger partial charge in [-0.2, -0.15) is 4.99 Å². The average molecular weight is 256 g/mol. The van der Waals surface area contributed by atoms with E-state index in [1.807, 2.05) is 0 Å². The van der Waals surface area contributed by atoms with Gasteiger partial charge in [-0.25, -0.2) is 4.39 Å². The van der Waals surface area contributed by atoms with E-state index >= 15 is 0 Å². The molecule has 0 fully saturated rings. The topological polar surface area (TPSA) is 21.6 Å². The third kappa shape index (κ3) is 3.32. The smallest absolute Gasteiger partial charge is 0.151 e. The number of halogens is 2. The van der Waals surface area contributed by atoms with Gasteiger partial charge in [-0.05, 0) is 25.2 Å². The summed E-state index contributed by atoms with van der Waals surface area (Å²) in [5.74, 6) is 5.10. The number of hydrogen-bond donors (Lipinski definition) is 0. The van der Waals surface area contributed by atoms with Crippen molar-refractivity contribution < 1.29 is 9.13 Å². The summed E-state index contributed by atoms with van der Waals surface area (Å²) in [5, 5.41) is 2.25. The largest absolute Gasteiger partial charge is 0.479 e. The van der Waals surface area contributed by atoms with Crippen molar-refractivity contribution in [3.8, 4) is 17.6 Å². The maximum Gasteiger partial charge on any atom is 0.151 e. The number of thiocarbonyl (C=S) groups is 1. The van der Waals surface area contributed by atoms with Crippen LogP contribution in [0.4, 0.5) is 10.1 Å². The van der Waals surface area contributed by atoms with Crippen LogP contribution >= 0.6 is 23.8 Å². The second-order valence-corrected chi connectivity index (χ2v) is 3.24. The first-order valence-electron chi connectivity index (χ1n) is 4.28. The van der Waals surface area contributed by atoms with Gasteiger partial charge < -0.3 is 4.74 Å². The first kappa shape index (κ1) is 12.7. The lowest BCUT2D eigenvalue weighted by molar-refractivity contribution is 0.370. The highest BCUT2D eigenvalue weighted by atomic mass is 35.5. The van der Waals surface area contributed by atoms with Crippen molar-refractivity contribution in [2.24, 2.45) is 4.99 Å². The minimum absolute atomic E-state index is 0.0406. The van der Waals surface area contributed by atoms with Crippen LogP contribution in [0.15, 0.2) is 17.1 Å². The molecule has 0 aliphatic carbocycles. The molecule has 0 spiro atoms. The summed E-state index contributed by atoms with van der Waals surface area (Å²) in [6.07, 6.45) is 0.